The monoisotopic (exact) mass is 286 g/mol. The fourth-order valence-electron chi connectivity index (χ4n) is 1.46. The average Bonchev–Trinajstić information content (AvgIpc) is 3.02. The summed E-state index contributed by atoms with van der Waals surface area (Å²) in [7, 11) is 0. The maximum absolute atomic E-state index is 11.6. The Hall–Kier alpha value is -0.840. The Balaban J connectivity index is 1.97. The molecule has 4 nitrogen and oxygen atoms in total. The van der Waals surface area contributed by atoms with E-state index in [1.165, 1.54) is 17.5 Å². The summed E-state index contributed by atoms with van der Waals surface area (Å²) in [6, 6.07) is 0. The highest BCUT2D eigenvalue weighted by atomic mass is 79.9. The number of halogens is 1. The van der Waals surface area contributed by atoms with Crippen molar-refractivity contribution in [2.24, 2.45) is 0 Å². The van der Waals surface area contributed by atoms with E-state index in [9.17, 15) is 4.79 Å². The molecule has 0 bridgehead atoms. The lowest BCUT2D eigenvalue weighted by molar-refractivity contribution is 0.142. The lowest BCUT2D eigenvalue weighted by Gasteiger charge is -2.02. The lowest BCUT2D eigenvalue weighted by Crippen LogP contribution is -2.15. The number of carbonyl (C=O) groups excluding carboxylic acids is 1. The van der Waals surface area contributed by atoms with Crippen LogP contribution in [0.3, 0.4) is 0 Å². The zero-order valence-electron chi connectivity index (χ0n) is 9.28. The van der Waals surface area contributed by atoms with Gasteiger partial charge in [0.15, 0.2) is 0 Å². The molecule has 0 spiro atoms. The number of nitrogens with zero attached hydrogens (tertiary/aromatic N) is 2. The zero-order valence-corrected chi connectivity index (χ0v) is 10.9. The standard InChI is InChI=1S/C11H15BrN2O2/c1-2-3-6-16-11(15)14-7-9(12)10(13-14)8-4-5-8/h7-8H,2-6H2,1H3. The Bertz CT molecular complexity index is 385. The van der Waals surface area contributed by atoms with Gasteiger partial charge in [0.25, 0.3) is 0 Å². The molecule has 16 heavy (non-hydrogen) atoms. The van der Waals surface area contributed by atoms with Crippen molar-refractivity contribution in [1.82, 2.24) is 9.78 Å². The summed E-state index contributed by atoms with van der Waals surface area (Å²) < 4.78 is 7.27. The van der Waals surface area contributed by atoms with Gasteiger partial charge in [-0.25, -0.2) is 4.79 Å². The molecule has 2 rings (SSSR count). The Labute approximate surface area is 103 Å². The molecule has 1 heterocycles. The van der Waals surface area contributed by atoms with Crippen molar-refractivity contribution in [1.29, 1.82) is 0 Å². The van der Waals surface area contributed by atoms with E-state index >= 15 is 0 Å². The van der Waals surface area contributed by atoms with E-state index in [4.69, 9.17) is 4.74 Å². The molecule has 0 unspecified atom stereocenters. The fraction of sp³-hybridized carbons (Fsp3) is 0.636. The van der Waals surface area contributed by atoms with E-state index in [1.54, 1.807) is 6.20 Å². The molecule has 1 aliphatic rings. The Morgan fingerprint density at radius 1 is 1.69 bits per heavy atom. The summed E-state index contributed by atoms with van der Waals surface area (Å²) in [6.45, 7) is 2.52. The van der Waals surface area contributed by atoms with E-state index in [2.05, 4.69) is 28.0 Å². The van der Waals surface area contributed by atoms with Crippen molar-refractivity contribution in [3.63, 3.8) is 0 Å². The first kappa shape index (κ1) is 11.6. The van der Waals surface area contributed by atoms with Crippen molar-refractivity contribution < 1.29 is 9.53 Å². The highest BCUT2D eigenvalue weighted by Gasteiger charge is 2.29. The van der Waals surface area contributed by atoms with Gasteiger partial charge in [-0.1, -0.05) is 13.3 Å². The molecule has 0 amide bonds. The molecule has 1 aromatic rings. The fourth-order valence-corrected chi connectivity index (χ4v) is 2.06. The minimum absolute atomic E-state index is 0.388. The molecule has 1 aliphatic carbocycles. The van der Waals surface area contributed by atoms with Crippen LogP contribution in [0.4, 0.5) is 4.79 Å². The van der Waals surface area contributed by atoms with Gasteiger partial charge in [0.1, 0.15) is 0 Å². The number of aromatic nitrogens is 2. The number of unbranched alkanes of at least 4 members (excludes halogenated alkanes) is 1. The molecule has 0 aliphatic heterocycles. The average molecular weight is 287 g/mol. The first-order valence-corrected chi connectivity index (χ1v) is 6.44. The lowest BCUT2D eigenvalue weighted by atomic mass is 10.3. The van der Waals surface area contributed by atoms with Gasteiger partial charge in [0, 0.05) is 5.92 Å². The van der Waals surface area contributed by atoms with Crippen molar-refractivity contribution in [2.45, 2.75) is 38.5 Å². The summed E-state index contributed by atoms with van der Waals surface area (Å²) in [6.07, 6.45) is 5.54. The van der Waals surface area contributed by atoms with Crippen LogP contribution < -0.4 is 0 Å². The highest BCUT2D eigenvalue weighted by molar-refractivity contribution is 9.10. The van der Waals surface area contributed by atoms with Gasteiger partial charge >= 0.3 is 6.09 Å². The second kappa shape index (κ2) is 4.99. The molecule has 0 atom stereocenters. The number of ether oxygens (including phenoxy) is 1. The van der Waals surface area contributed by atoms with Crippen molar-refractivity contribution in [3.05, 3.63) is 16.4 Å². The van der Waals surface area contributed by atoms with Crippen LogP contribution in [-0.2, 0) is 4.74 Å². The largest absolute Gasteiger partial charge is 0.448 e. The van der Waals surface area contributed by atoms with Crippen LogP contribution >= 0.6 is 15.9 Å². The quantitative estimate of drug-likeness (QED) is 0.798. The van der Waals surface area contributed by atoms with Gasteiger partial charge in [-0.15, -0.1) is 0 Å². The normalized spacial score (nSPS) is 15.1. The van der Waals surface area contributed by atoms with E-state index in [-0.39, 0.29) is 6.09 Å². The molecule has 1 fully saturated rings. The van der Waals surface area contributed by atoms with Gasteiger partial charge in [-0.3, -0.25) is 0 Å². The van der Waals surface area contributed by atoms with Crippen LogP contribution in [0.25, 0.3) is 0 Å². The van der Waals surface area contributed by atoms with Gasteiger partial charge in [-0.05, 0) is 35.2 Å². The Morgan fingerprint density at radius 3 is 3.06 bits per heavy atom. The van der Waals surface area contributed by atoms with Gasteiger partial charge in [0.2, 0.25) is 0 Å². The predicted molar refractivity (Wildman–Crippen MR) is 63.6 cm³/mol. The number of carbonyl (C=O) groups is 1. The molecule has 1 aromatic heterocycles. The highest BCUT2D eigenvalue weighted by Crippen LogP contribution is 2.42. The molecular formula is C11H15BrN2O2. The van der Waals surface area contributed by atoms with E-state index < -0.39 is 0 Å². The third kappa shape index (κ3) is 2.64. The molecule has 0 saturated heterocycles. The smallest absolute Gasteiger partial charge is 0.434 e. The Morgan fingerprint density at radius 2 is 2.44 bits per heavy atom. The number of rotatable bonds is 4. The topological polar surface area (TPSA) is 44.1 Å². The second-order valence-electron chi connectivity index (χ2n) is 4.05. The van der Waals surface area contributed by atoms with Crippen molar-refractivity contribution in [3.8, 4) is 0 Å². The summed E-state index contributed by atoms with van der Waals surface area (Å²) in [5.74, 6) is 0.527. The third-order valence-corrected chi connectivity index (χ3v) is 3.18. The van der Waals surface area contributed by atoms with Crippen molar-refractivity contribution >= 4 is 22.0 Å². The van der Waals surface area contributed by atoms with Gasteiger partial charge < -0.3 is 4.74 Å². The summed E-state index contributed by atoms with van der Waals surface area (Å²) in [5.41, 5.74) is 0.979. The third-order valence-electron chi connectivity index (χ3n) is 2.57. The van der Waals surface area contributed by atoms with Crippen molar-refractivity contribution in [2.75, 3.05) is 6.61 Å². The Kier molecular flexibility index (Phi) is 3.63. The van der Waals surface area contributed by atoms with Gasteiger partial charge in [-0.2, -0.15) is 9.78 Å². The maximum Gasteiger partial charge on any atom is 0.434 e. The molecule has 0 radical (unpaired) electrons. The predicted octanol–water partition coefficient (Wildman–Crippen LogP) is 3.31. The van der Waals surface area contributed by atoms with E-state index in [0.29, 0.717) is 12.5 Å². The summed E-state index contributed by atoms with van der Waals surface area (Å²) in [5, 5.41) is 4.25. The molecule has 1 saturated carbocycles. The van der Waals surface area contributed by atoms with Crippen LogP contribution in [0.1, 0.15) is 44.2 Å². The minimum Gasteiger partial charge on any atom is -0.448 e. The zero-order chi connectivity index (χ0) is 11.5. The number of hydrogen-bond donors (Lipinski definition) is 0. The van der Waals surface area contributed by atoms with E-state index in [1.807, 2.05) is 0 Å². The summed E-state index contributed by atoms with van der Waals surface area (Å²) in [4.78, 5) is 11.6. The molecular weight excluding hydrogens is 272 g/mol. The molecule has 88 valence electrons. The van der Waals surface area contributed by atoms with Crippen LogP contribution in [0, 0.1) is 0 Å². The van der Waals surface area contributed by atoms with Crippen LogP contribution in [0.5, 0.6) is 0 Å². The SMILES string of the molecule is CCCCOC(=O)n1cc(Br)c(C2CC2)n1. The minimum atomic E-state index is -0.388. The van der Waals surface area contributed by atoms with E-state index in [0.717, 1.165) is 23.0 Å². The first-order valence-electron chi connectivity index (χ1n) is 5.64. The maximum atomic E-state index is 11.6. The van der Waals surface area contributed by atoms with Gasteiger partial charge in [0.05, 0.1) is 23.0 Å². The number of hydrogen-bond acceptors (Lipinski definition) is 3. The molecule has 0 N–H and O–H groups in total. The van der Waals surface area contributed by atoms with Crippen LogP contribution in [0.15, 0.2) is 10.7 Å². The first-order chi connectivity index (χ1) is 7.72. The second-order valence-corrected chi connectivity index (χ2v) is 4.90. The molecule has 0 aromatic carbocycles. The van der Waals surface area contributed by atoms with Crippen LogP contribution in [0.2, 0.25) is 0 Å². The van der Waals surface area contributed by atoms with Crippen LogP contribution in [-0.4, -0.2) is 22.5 Å². The summed E-state index contributed by atoms with van der Waals surface area (Å²) >= 11 is 3.42. The molecule has 5 heteroatoms.